The van der Waals surface area contributed by atoms with Crippen molar-refractivity contribution in [2.45, 2.75) is 32.3 Å². The minimum absolute atomic E-state index is 0.335. The lowest BCUT2D eigenvalue weighted by molar-refractivity contribution is 0.154. The summed E-state index contributed by atoms with van der Waals surface area (Å²) in [4.78, 5) is 8.92. The number of halogens is 1. The Kier molecular flexibility index (Phi) is 8.30. The molecule has 0 amide bonds. The molecular weight excluding hydrogens is 560 g/mol. The van der Waals surface area contributed by atoms with E-state index in [9.17, 15) is 5.26 Å². The summed E-state index contributed by atoms with van der Waals surface area (Å²) in [7, 11) is 1.61. The van der Waals surface area contributed by atoms with Crippen molar-refractivity contribution in [3.05, 3.63) is 113 Å². The summed E-state index contributed by atoms with van der Waals surface area (Å²) < 4.78 is 17.9. The van der Waals surface area contributed by atoms with Crippen LogP contribution in [0, 0.1) is 24.2 Å². The molecule has 1 aliphatic carbocycles. The third-order valence-electron chi connectivity index (χ3n) is 7.95. The van der Waals surface area contributed by atoms with E-state index in [0.717, 1.165) is 29.5 Å². The average Bonchev–Trinajstić information content (AvgIpc) is 3.01. The fourth-order valence-electron chi connectivity index (χ4n) is 5.41. The van der Waals surface area contributed by atoms with Crippen LogP contribution in [0.25, 0.3) is 10.9 Å². The van der Waals surface area contributed by atoms with Crippen molar-refractivity contribution in [2.24, 2.45) is 5.92 Å². The van der Waals surface area contributed by atoms with E-state index in [-0.39, 0.29) is 0 Å². The van der Waals surface area contributed by atoms with E-state index in [4.69, 9.17) is 25.8 Å². The molecule has 0 radical (unpaired) electrons. The number of nitriles is 1. The Morgan fingerprint density at radius 2 is 1.81 bits per heavy atom. The predicted molar refractivity (Wildman–Crippen MR) is 168 cm³/mol. The number of fused-ring (bicyclic) bond motifs is 1. The molecule has 1 fully saturated rings. The van der Waals surface area contributed by atoms with Gasteiger partial charge in [-0.05, 0) is 67.0 Å². The summed E-state index contributed by atoms with van der Waals surface area (Å²) in [6, 6.07) is 25.9. The van der Waals surface area contributed by atoms with Crippen LogP contribution in [0.4, 0.5) is 11.4 Å². The molecule has 0 spiro atoms. The van der Waals surface area contributed by atoms with Crippen LogP contribution in [0.1, 0.15) is 41.1 Å². The third kappa shape index (κ3) is 6.20. The van der Waals surface area contributed by atoms with Gasteiger partial charge in [0.1, 0.15) is 18.4 Å². The molecule has 7 nitrogen and oxygen atoms in total. The van der Waals surface area contributed by atoms with Crippen molar-refractivity contribution < 1.29 is 14.2 Å². The van der Waals surface area contributed by atoms with Gasteiger partial charge in [-0.15, -0.1) is 0 Å². The number of methoxy groups -OCH3 is 1. The zero-order valence-electron chi connectivity index (χ0n) is 24.0. The van der Waals surface area contributed by atoms with Crippen LogP contribution in [0.2, 0.25) is 5.02 Å². The van der Waals surface area contributed by atoms with Crippen molar-refractivity contribution in [1.29, 1.82) is 5.26 Å². The lowest BCUT2D eigenvalue weighted by atomic mass is 9.72. The number of hydrogen-bond donors (Lipinski definition) is 1. The van der Waals surface area contributed by atoms with Crippen LogP contribution < -0.4 is 19.5 Å². The summed E-state index contributed by atoms with van der Waals surface area (Å²) in [5, 5.41) is 14.4. The normalized spacial score (nSPS) is 15.8. The molecule has 1 aliphatic rings. The van der Waals surface area contributed by atoms with Crippen molar-refractivity contribution in [3.8, 4) is 23.3 Å². The Balaban J connectivity index is 1.19. The van der Waals surface area contributed by atoms with Gasteiger partial charge < -0.3 is 19.5 Å². The number of pyridine rings is 2. The molecule has 5 aromatic rings. The molecule has 0 bridgehead atoms. The number of hydrogen-bond acceptors (Lipinski definition) is 7. The van der Waals surface area contributed by atoms with E-state index in [2.05, 4.69) is 51.7 Å². The first-order chi connectivity index (χ1) is 21.0. The lowest BCUT2D eigenvalue weighted by Gasteiger charge is -2.35. The van der Waals surface area contributed by atoms with E-state index in [1.165, 1.54) is 5.56 Å². The number of nitrogens with one attached hydrogen (secondary N) is 1. The Hall–Kier alpha value is -4.80. The minimum Gasteiger partial charge on any atom is -0.493 e. The molecule has 2 aromatic heterocycles. The topological polar surface area (TPSA) is 89.3 Å². The average molecular weight is 591 g/mol. The second-order valence-electron chi connectivity index (χ2n) is 10.8. The van der Waals surface area contributed by atoms with Crippen LogP contribution in [0.3, 0.4) is 0 Å². The summed E-state index contributed by atoms with van der Waals surface area (Å²) in [6.07, 6.45) is 5.51. The highest BCUT2D eigenvalue weighted by Gasteiger charge is 2.31. The van der Waals surface area contributed by atoms with E-state index < -0.39 is 0 Å². The Bertz CT molecular complexity index is 1800. The van der Waals surface area contributed by atoms with Gasteiger partial charge in [-0.3, -0.25) is 9.97 Å². The molecule has 6 rings (SSSR count). The summed E-state index contributed by atoms with van der Waals surface area (Å²) in [6.45, 7) is 2.94. The molecule has 3 aromatic carbocycles. The molecule has 0 aliphatic heterocycles. The largest absolute Gasteiger partial charge is 0.493 e. The first kappa shape index (κ1) is 28.3. The number of rotatable bonds is 10. The van der Waals surface area contributed by atoms with Crippen LogP contribution in [0.5, 0.6) is 17.2 Å². The zero-order valence-corrected chi connectivity index (χ0v) is 24.8. The number of ether oxygens (including phenoxy) is 3. The maximum Gasteiger partial charge on any atom is 0.163 e. The van der Waals surface area contributed by atoms with Crippen molar-refractivity contribution in [3.63, 3.8) is 0 Å². The molecule has 8 heteroatoms. The standard InChI is InChI=1S/C35H31ClN4O3/c1-22-7-6-12-38-32(22)21-42-27-10-11-30(29(36)15-27)40-35-26(18-37)19-39-31-17-34(33(41-2)16-28(31)35)43-20-23-13-25(14-23)24-8-4-3-5-9-24/h3-12,15-17,19,23,25H,13-14,20-21H2,1-2H3,(H,39,40). The maximum absolute atomic E-state index is 9.89. The summed E-state index contributed by atoms with van der Waals surface area (Å²) in [5.74, 6) is 2.89. The second-order valence-corrected chi connectivity index (χ2v) is 11.2. The molecule has 0 atom stereocenters. The van der Waals surface area contributed by atoms with Gasteiger partial charge in [0.25, 0.3) is 0 Å². The van der Waals surface area contributed by atoms with Crippen LogP contribution in [-0.2, 0) is 6.61 Å². The third-order valence-corrected chi connectivity index (χ3v) is 8.26. The van der Waals surface area contributed by atoms with E-state index in [1.54, 1.807) is 25.6 Å². The van der Waals surface area contributed by atoms with Crippen LogP contribution in [0.15, 0.2) is 85.2 Å². The fourth-order valence-corrected chi connectivity index (χ4v) is 5.63. The summed E-state index contributed by atoms with van der Waals surface area (Å²) >= 11 is 6.66. The van der Waals surface area contributed by atoms with Gasteiger partial charge >= 0.3 is 0 Å². The smallest absolute Gasteiger partial charge is 0.163 e. The molecule has 1 N–H and O–H groups in total. The maximum atomic E-state index is 9.89. The molecule has 0 saturated heterocycles. The fraction of sp³-hybridized carbons (Fsp3) is 0.229. The number of anilines is 2. The SMILES string of the molecule is COc1cc2c(Nc3ccc(OCc4ncccc4C)cc3Cl)c(C#N)cnc2cc1OCC1CC(c2ccccc2)C1. The van der Waals surface area contributed by atoms with E-state index in [1.807, 2.05) is 43.3 Å². The predicted octanol–water partition coefficient (Wildman–Crippen LogP) is 8.37. The zero-order chi connectivity index (χ0) is 29.8. The Morgan fingerprint density at radius 3 is 2.56 bits per heavy atom. The quantitative estimate of drug-likeness (QED) is 0.175. The molecule has 43 heavy (non-hydrogen) atoms. The highest BCUT2D eigenvalue weighted by atomic mass is 35.5. The second kappa shape index (κ2) is 12.6. The van der Waals surface area contributed by atoms with Gasteiger partial charge in [-0.25, -0.2) is 0 Å². The van der Waals surface area contributed by atoms with Gasteiger partial charge in [-0.1, -0.05) is 48.0 Å². The van der Waals surface area contributed by atoms with Gasteiger partial charge in [0.2, 0.25) is 0 Å². The van der Waals surface area contributed by atoms with Gasteiger partial charge in [0, 0.05) is 29.9 Å². The number of nitrogens with zero attached hydrogens (tertiary/aromatic N) is 3. The van der Waals surface area contributed by atoms with Crippen LogP contribution in [-0.4, -0.2) is 23.7 Å². The monoisotopic (exact) mass is 590 g/mol. The molecule has 1 saturated carbocycles. The first-order valence-corrected chi connectivity index (χ1v) is 14.6. The number of aryl methyl sites for hydroxylation is 1. The molecular formula is C35H31ClN4O3. The van der Waals surface area contributed by atoms with E-state index in [0.29, 0.717) is 69.8 Å². The van der Waals surface area contributed by atoms with Gasteiger partial charge in [0.15, 0.2) is 11.5 Å². The van der Waals surface area contributed by atoms with Gasteiger partial charge in [0.05, 0.1) is 46.9 Å². The summed E-state index contributed by atoms with van der Waals surface area (Å²) in [5.41, 5.74) is 5.59. The Morgan fingerprint density at radius 1 is 0.977 bits per heavy atom. The van der Waals surface area contributed by atoms with Gasteiger partial charge in [-0.2, -0.15) is 5.26 Å². The van der Waals surface area contributed by atoms with Crippen molar-refractivity contribution in [1.82, 2.24) is 9.97 Å². The molecule has 0 unspecified atom stereocenters. The van der Waals surface area contributed by atoms with E-state index >= 15 is 0 Å². The van der Waals surface area contributed by atoms with Crippen LogP contribution >= 0.6 is 11.6 Å². The number of benzene rings is 3. The number of aromatic nitrogens is 2. The van der Waals surface area contributed by atoms with Crippen molar-refractivity contribution in [2.75, 3.05) is 19.0 Å². The lowest BCUT2D eigenvalue weighted by Crippen LogP contribution is -2.27. The minimum atomic E-state index is 0.335. The Labute approximate surface area is 256 Å². The molecule has 2 heterocycles. The molecule has 216 valence electrons. The van der Waals surface area contributed by atoms with Crippen molar-refractivity contribution >= 4 is 33.9 Å². The first-order valence-electron chi connectivity index (χ1n) is 14.2. The highest BCUT2D eigenvalue weighted by molar-refractivity contribution is 6.33. The highest BCUT2D eigenvalue weighted by Crippen LogP contribution is 2.43.